The van der Waals surface area contributed by atoms with Crippen molar-refractivity contribution in [3.8, 4) is 17.3 Å². The third-order valence-electron chi connectivity index (χ3n) is 4.08. The van der Waals surface area contributed by atoms with Crippen molar-refractivity contribution in [1.82, 2.24) is 4.98 Å². The zero-order valence-electron chi connectivity index (χ0n) is 14.5. The van der Waals surface area contributed by atoms with Gasteiger partial charge >= 0.3 is 0 Å². The van der Waals surface area contributed by atoms with Gasteiger partial charge in [0.2, 0.25) is 0 Å². The van der Waals surface area contributed by atoms with Crippen LogP contribution in [0.5, 0.6) is 0 Å². The molecule has 0 bridgehead atoms. The van der Waals surface area contributed by atoms with E-state index in [1.807, 2.05) is 73.8 Å². The lowest BCUT2D eigenvalue weighted by Gasteiger charge is -2.09. The number of thiazole rings is 1. The van der Waals surface area contributed by atoms with Gasteiger partial charge in [-0.05, 0) is 37.1 Å². The van der Waals surface area contributed by atoms with Crippen LogP contribution in [0, 0.1) is 25.2 Å². The Bertz CT molecular complexity index is 1010. The van der Waals surface area contributed by atoms with Crippen molar-refractivity contribution in [2.75, 3.05) is 5.32 Å². The normalized spacial score (nSPS) is 11.0. The van der Waals surface area contributed by atoms with Crippen LogP contribution in [0.4, 0.5) is 5.69 Å². The van der Waals surface area contributed by atoms with Crippen LogP contribution in [0.1, 0.15) is 16.1 Å². The minimum absolute atomic E-state index is 0.0277. The van der Waals surface area contributed by atoms with Crippen LogP contribution in [0.25, 0.3) is 17.3 Å². The Morgan fingerprint density at radius 1 is 1.15 bits per heavy atom. The lowest BCUT2D eigenvalue weighted by Crippen LogP contribution is -2.14. The number of nitrogens with zero attached hydrogens (tertiary/aromatic N) is 2. The summed E-state index contributed by atoms with van der Waals surface area (Å²) in [5, 5.41) is 14.7. The Morgan fingerprint density at radius 3 is 2.65 bits per heavy atom. The molecule has 0 saturated carbocycles. The summed E-state index contributed by atoms with van der Waals surface area (Å²) in [6.45, 7) is 3.92. The van der Waals surface area contributed by atoms with Crippen LogP contribution < -0.4 is 5.32 Å². The SMILES string of the molecule is Cc1cccc(NC(=O)C(C#N)=Cc2nc(-c3ccccc3)cs2)c1C. The molecular weight excluding hydrogens is 342 g/mol. The lowest BCUT2D eigenvalue weighted by molar-refractivity contribution is -0.112. The monoisotopic (exact) mass is 359 g/mol. The highest BCUT2D eigenvalue weighted by Gasteiger charge is 2.13. The number of amides is 1. The van der Waals surface area contributed by atoms with E-state index >= 15 is 0 Å². The van der Waals surface area contributed by atoms with Crippen molar-refractivity contribution in [1.29, 1.82) is 5.26 Å². The standard InChI is InChI=1S/C21H17N3OS/c1-14-7-6-10-18(15(14)2)24-21(25)17(12-22)11-20-23-19(13-26-20)16-8-4-3-5-9-16/h3-11,13H,1-2H3,(H,24,25). The minimum Gasteiger partial charge on any atom is -0.321 e. The van der Waals surface area contributed by atoms with E-state index in [1.54, 1.807) is 0 Å². The fraction of sp³-hybridized carbons (Fsp3) is 0.0952. The van der Waals surface area contributed by atoms with Crippen LogP contribution >= 0.6 is 11.3 Å². The number of aromatic nitrogens is 1. The second kappa shape index (κ2) is 7.77. The quantitative estimate of drug-likeness (QED) is 0.528. The number of nitrogens with one attached hydrogen (secondary N) is 1. The molecular formula is C21H17N3OS. The van der Waals surface area contributed by atoms with Crippen molar-refractivity contribution < 1.29 is 4.79 Å². The Labute approximate surface area is 156 Å². The summed E-state index contributed by atoms with van der Waals surface area (Å²) in [6, 6.07) is 17.4. The third kappa shape index (κ3) is 3.88. The van der Waals surface area contributed by atoms with E-state index in [2.05, 4.69) is 10.3 Å². The van der Waals surface area contributed by atoms with Crippen molar-refractivity contribution >= 4 is 29.0 Å². The summed E-state index contributed by atoms with van der Waals surface area (Å²) in [5.41, 5.74) is 4.63. The molecule has 1 heterocycles. The molecule has 3 aromatic rings. The van der Waals surface area contributed by atoms with Gasteiger partial charge in [0.25, 0.3) is 5.91 Å². The van der Waals surface area contributed by atoms with Gasteiger partial charge in [0.05, 0.1) is 5.69 Å². The van der Waals surface area contributed by atoms with Gasteiger partial charge in [0.1, 0.15) is 16.6 Å². The zero-order valence-corrected chi connectivity index (χ0v) is 15.3. The molecule has 0 aliphatic heterocycles. The van der Waals surface area contributed by atoms with Crippen LogP contribution in [0.2, 0.25) is 0 Å². The summed E-state index contributed by atoms with van der Waals surface area (Å²) >= 11 is 1.40. The summed E-state index contributed by atoms with van der Waals surface area (Å²) in [4.78, 5) is 17.0. The van der Waals surface area contributed by atoms with E-state index in [1.165, 1.54) is 17.4 Å². The number of rotatable bonds is 4. The van der Waals surface area contributed by atoms with Gasteiger partial charge in [-0.3, -0.25) is 4.79 Å². The summed E-state index contributed by atoms with van der Waals surface area (Å²) in [7, 11) is 0. The van der Waals surface area contributed by atoms with Gasteiger partial charge in [-0.15, -0.1) is 11.3 Å². The number of carbonyl (C=O) groups is 1. The fourth-order valence-corrected chi connectivity index (χ4v) is 3.20. The van der Waals surface area contributed by atoms with Gasteiger partial charge < -0.3 is 5.32 Å². The van der Waals surface area contributed by atoms with Crippen molar-refractivity contribution in [3.05, 3.63) is 75.6 Å². The Balaban J connectivity index is 1.82. The van der Waals surface area contributed by atoms with Gasteiger partial charge in [-0.2, -0.15) is 5.26 Å². The molecule has 0 saturated heterocycles. The molecule has 0 spiro atoms. The first kappa shape index (κ1) is 17.6. The first-order valence-corrected chi connectivity index (χ1v) is 8.97. The van der Waals surface area contributed by atoms with E-state index in [-0.39, 0.29) is 5.57 Å². The van der Waals surface area contributed by atoms with Crippen molar-refractivity contribution in [3.63, 3.8) is 0 Å². The second-order valence-electron chi connectivity index (χ2n) is 5.81. The maximum atomic E-state index is 12.5. The van der Waals surface area contributed by atoms with Gasteiger partial charge in [-0.1, -0.05) is 42.5 Å². The highest BCUT2D eigenvalue weighted by Crippen LogP contribution is 2.24. The molecule has 4 nitrogen and oxygen atoms in total. The predicted octanol–water partition coefficient (Wildman–Crippen LogP) is 4.97. The number of hydrogen-bond donors (Lipinski definition) is 1. The van der Waals surface area contributed by atoms with Gasteiger partial charge in [0.15, 0.2) is 0 Å². The van der Waals surface area contributed by atoms with E-state index < -0.39 is 5.91 Å². The molecule has 128 valence electrons. The number of anilines is 1. The van der Waals surface area contributed by atoms with Crippen LogP contribution in [0.15, 0.2) is 59.5 Å². The minimum atomic E-state index is -0.433. The molecule has 3 rings (SSSR count). The number of aryl methyl sites for hydroxylation is 1. The Morgan fingerprint density at radius 2 is 1.92 bits per heavy atom. The topological polar surface area (TPSA) is 65.8 Å². The summed E-state index contributed by atoms with van der Waals surface area (Å²) in [6.07, 6.45) is 1.53. The van der Waals surface area contributed by atoms with Crippen LogP contribution in [-0.4, -0.2) is 10.9 Å². The third-order valence-corrected chi connectivity index (χ3v) is 4.87. The fourth-order valence-electron chi connectivity index (χ4n) is 2.44. The van der Waals surface area contributed by atoms with E-state index in [0.29, 0.717) is 10.7 Å². The number of nitriles is 1. The Hall–Kier alpha value is -3.23. The summed E-state index contributed by atoms with van der Waals surface area (Å²) < 4.78 is 0. The average molecular weight is 359 g/mol. The smallest absolute Gasteiger partial charge is 0.266 e. The first-order valence-electron chi connectivity index (χ1n) is 8.09. The molecule has 0 unspecified atom stereocenters. The van der Waals surface area contributed by atoms with E-state index in [9.17, 15) is 10.1 Å². The molecule has 26 heavy (non-hydrogen) atoms. The molecule has 1 N–H and O–H groups in total. The average Bonchev–Trinajstić information content (AvgIpc) is 3.13. The number of carbonyl (C=O) groups excluding carboxylic acids is 1. The molecule has 1 amide bonds. The molecule has 0 radical (unpaired) electrons. The number of hydrogen-bond acceptors (Lipinski definition) is 4. The molecule has 0 aliphatic carbocycles. The molecule has 5 heteroatoms. The van der Waals surface area contributed by atoms with E-state index in [4.69, 9.17) is 0 Å². The summed E-state index contributed by atoms with van der Waals surface area (Å²) in [5.74, 6) is -0.433. The highest BCUT2D eigenvalue weighted by molar-refractivity contribution is 7.10. The van der Waals surface area contributed by atoms with E-state index in [0.717, 1.165) is 22.4 Å². The molecule has 0 aliphatic rings. The van der Waals surface area contributed by atoms with Crippen LogP contribution in [-0.2, 0) is 4.79 Å². The maximum absolute atomic E-state index is 12.5. The largest absolute Gasteiger partial charge is 0.321 e. The Kier molecular flexibility index (Phi) is 5.26. The maximum Gasteiger partial charge on any atom is 0.266 e. The molecule has 1 aromatic heterocycles. The van der Waals surface area contributed by atoms with Gasteiger partial charge in [0, 0.05) is 16.6 Å². The molecule has 0 fully saturated rings. The molecule has 2 aromatic carbocycles. The molecule has 0 atom stereocenters. The second-order valence-corrected chi connectivity index (χ2v) is 6.70. The first-order chi connectivity index (χ1) is 12.6. The van der Waals surface area contributed by atoms with Crippen molar-refractivity contribution in [2.45, 2.75) is 13.8 Å². The van der Waals surface area contributed by atoms with Gasteiger partial charge in [-0.25, -0.2) is 4.98 Å². The number of benzene rings is 2. The predicted molar refractivity (Wildman–Crippen MR) is 106 cm³/mol. The lowest BCUT2D eigenvalue weighted by atomic mass is 10.1. The van der Waals surface area contributed by atoms with Crippen LogP contribution in [0.3, 0.4) is 0 Å². The highest BCUT2D eigenvalue weighted by atomic mass is 32.1. The zero-order chi connectivity index (χ0) is 18.5. The van der Waals surface area contributed by atoms with Crippen molar-refractivity contribution in [2.24, 2.45) is 0 Å².